The summed E-state index contributed by atoms with van der Waals surface area (Å²) < 4.78 is 2.08. The monoisotopic (exact) mass is 496 g/mol. The number of benzene rings is 1. The normalized spacial score (nSPS) is 17.2. The number of thiocarbonyl (C=S) groups is 1. The Morgan fingerprint density at radius 2 is 1.86 bits per heavy atom. The van der Waals surface area contributed by atoms with Crippen LogP contribution in [0.25, 0.3) is 5.82 Å². The van der Waals surface area contributed by atoms with E-state index in [1.165, 1.54) is 0 Å². The van der Waals surface area contributed by atoms with Crippen LogP contribution in [0.1, 0.15) is 41.0 Å². The minimum absolute atomic E-state index is 0.0530. The fourth-order valence-corrected chi connectivity index (χ4v) is 4.89. The second-order valence-electron chi connectivity index (χ2n) is 8.93. The number of nitrogens with one attached hydrogen (secondary N) is 2. The number of para-hydroxylation sites is 1. The Morgan fingerprint density at radius 3 is 2.61 bits per heavy atom. The summed E-state index contributed by atoms with van der Waals surface area (Å²) in [5.74, 6) is 0.776. The second-order valence-corrected chi connectivity index (χ2v) is 9.32. The van der Waals surface area contributed by atoms with Gasteiger partial charge in [-0.25, -0.2) is 4.98 Å². The maximum absolute atomic E-state index is 12.9. The number of hydrogen-bond acceptors (Lipinski definition) is 4. The van der Waals surface area contributed by atoms with Crippen molar-refractivity contribution in [3.63, 3.8) is 0 Å². The van der Waals surface area contributed by atoms with Gasteiger partial charge in [0.05, 0.1) is 17.8 Å². The average Bonchev–Trinajstić information content (AvgIpc) is 3.49. The SMILES string of the molecule is Cc1ccc(-n2cccc2[C@H]2[C@H](c3ccccn3)NC(=S)N2CCC(=O)Nc2ccccc2C)nc1. The molecule has 1 aliphatic heterocycles. The van der Waals surface area contributed by atoms with Gasteiger partial charge in [0, 0.05) is 42.9 Å². The van der Waals surface area contributed by atoms with Crippen LogP contribution in [0.5, 0.6) is 0 Å². The van der Waals surface area contributed by atoms with E-state index in [1.54, 1.807) is 6.20 Å². The quantitative estimate of drug-likeness (QED) is 0.355. The number of amides is 1. The zero-order valence-corrected chi connectivity index (χ0v) is 21.1. The van der Waals surface area contributed by atoms with Crippen molar-refractivity contribution in [2.75, 3.05) is 11.9 Å². The van der Waals surface area contributed by atoms with Gasteiger partial charge in [-0.3, -0.25) is 9.78 Å². The molecule has 0 bridgehead atoms. The van der Waals surface area contributed by atoms with Crippen LogP contribution in [0.3, 0.4) is 0 Å². The molecule has 36 heavy (non-hydrogen) atoms. The third-order valence-corrected chi connectivity index (χ3v) is 6.77. The second kappa shape index (κ2) is 10.3. The first kappa shape index (κ1) is 23.7. The molecule has 3 aromatic heterocycles. The summed E-state index contributed by atoms with van der Waals surface area (Å²) in [4.78, 5) is 24.2. The lowest BCUT2D eigenvalue weighted by Gasteiger charge is -2.28. The lowest BCUT2D eigenvalue weighted by Crippen LogP contribution is -2.33. The number of aryl methyl sites for hydroxylation is 2. The smallest absolute Gasteiger partial charge is 0.226 e. The Labute approximate surface area is 216 Å². The molecule has 7 nitrogen and oxygen atoms in total. The highest BCUT2D eigenvalue weighted by Crippen LogP contribution is 2.39. The summed E-state index contributed by atoms with van der Waals surface area (Å²) in [6.07, 6.45) is 5.95. The van der Waals surface area contributed by atoms with Crippen molar-refractivity contribution in [3.8, 4) is 5.82 Å². The first-order valence-electron chi connectivity index (χ1n) is 11.9. The fraction of sp³-hybridized carbons (Fsp3) is 0.214. The standard InChI is InChI=1S/C28H28N6OS/c1-19-12-13-24(30-18-19)33-16-7-11-23(33)27-26(22-10-5-6-15-29-22)32-28(36)34(27)17-14-25(35)31-21-9-4-3-8-20(21)2/h3-13,15-16,18,26-27H,14,17H2,1-2H3,(H,31,35)(H,32,36)/t26-,27-/m0/s1. The molecule has 8 heteroatoms. The number of nitrogens with zero attached hydrogens (tertiary/aromatic N) is 4. The molecule has 0 unspecified atom stereocenters. The Bertz CT molecular complexity index is 1370. The van der Waals surface area contributed by atoms with Crippen LogP contribution in [0.15, 0.2) is 85.3 Å². The zero-order chi connectivity index (χ0) is 25.1. The summed E-state index contributed by atoms with van der Waals surface area (Å²) in [6.45, 7) is 4.47. The molecule has 1 aromatic carbocycles. The summed E-state index contributed by atoms with van der Waals surface area (Å²) >= 11 is 5.78. The fourth-order valence-electron chi connectivity index (χ4n) is 4.56. The molecule has 182 valence electrons. The van der Waals surface area contributed by atoms with Crippen LogP contribution in [-0.2, 0) is 4.79 Å². The summed E-state index contributed by atoms with van der Waals surface area (Å²) in [5, 5.41) is 7.09. The van der Waals surface area contributed by atoms with Gasteiger partial charge >= 0.3 is 0 Å². The van der Waals surface area contributed by atoms with E-state index in [4.69, 9.17) is 12.2 Å². The predicted octanol–water partition coefficient (Wildman–Crippen LogP) is 4.89. The highest BCUT2D eigenvalue weighted by Gasteiger charge is 2.41. The van der Waals surface area contributed by atoms with E-state index in [2.05, 4.69) is 36.1 Å². The highest BCUT2D eigenvalue weighted by molar-refractivity contribution is 7.80. The van der Waals surface area contributed by atoms with Gasteiger partial charge in [0.25, 0.3) is 0 Å². The van der Waals surface area contributed by atoms with E-state index in [0.717, 1.165) is 34.0 Å². The van der Waals surface area contributed by atoms with Crippen molar-refractivity contribution in [3.05, 3.63) is 108 Å². The van der Waals surface area contributed by atoms with Crippen molar-refractivity contribution < 1.29 is 4.79 Å². The van der Waals surface area contributed by atoms with Crippen molar-refractivity contribution in [2.24, 2.45) is 0 Å². The van der Waals surface area contributed by atoms with Gasteiger partial charge in [-0.2, -0.15) is 0 Å². The van der Waals surface area contributed by atoms with Gasteiger partial charge in [0.2, 0.25) is 5.91 Å². The summed E-state index contributed by atoms with van der Waals surface area (Å²) in [6, 6.07) is 21.5. The van der Waals surface area contributed by atoms with Crippen LogP contribution in [0, 0.1) is 13.8 Å². The van der Waals surface area contributed by atoms with E-state index < -0.39 is 0 Å². The van der Waals surface area contributed by atoms with Gasteiger partial charge in [-0.05, 0) is 73.6 Å². The number of hydrogen-bond donors (Lipinski definition) is 2. The van der Waals surface area contributed by atoms with Crippen molar-refractivity contribution in [1.82, 2.24) is 24.8 Å². The van der Waals surface area contributed by atoms with Gasteiger partial charge < -0.3 is 20.1 Å². The Balaban J connectivity index is 1.44. The van der Waals surface area contributed by atoms with Crippen molar-refractivity contribution in [2.45, 2.75) is 32.4 Å². The maximum Gasteiger partial charge on any atom is 0.226 e. The zero-order valence-electron chi connectivity index (χ0n) is 20.3. The van der Waals surface area contributed by atoms with Crippen LogP contribution in [0.2, 0.25) is 0 Å². The Morgan fingerprint density at radius 1 is 1.03 bits per heavy atom. The van der Waals surface area contributed by atoms with E-state index in [1.807, 2.05) is 86.9 Å². The van der Waals surface area contributed by atoms with E-state index >= 15 is 0 Å². The molecule has 0 saturated carbocycles. The molecule has 2 N–H and O–H groups in total. The largest absolute Gasteiger partial charge is 0.352 e. The molecule has 1 saturated heterocycles. The van der Waals surface area contributed by atoms with Crippen LogP contribution >= 0.6 is 12.2 Å². The third kappa shape index (κ3) is 4.85. The number of aromatic nitrogens is 3. The number of rotatable bonds is 7. The number of pyridine rings is 2. The van der Waals surface area contributed by atoms with Crippen LogP contribution < -0.4 is 10.6 Å². The summed E-state index contributed by atoms with van der Waals surface area (Å²) in [5.41, 5.74) is 4.87. The molecular formula is C28H28N6OS. The van der Waals surface area contributed by atoms with Crippen molar-refractivity contribution >= 4 is 28.9 Å². The lowest BCUT2D eigenvalue weighted by atomic mass is 10.0. The van der Waals surface area contributed by atoms with E-state index in [9.17, 15) is 4.79 Å². The average molecular weight is 497 g/mol. The molecule has 1 amide bonds. The lowest BCUT2D eigenvalue weighted by molar-refractivity contribution is -0.116. The highest BCUT2D eigenvalue weighted by atomic mass is 32.1. The third-order valence-electron chi connectivity index (χ3n) is 6.42. The molecular weight excluding hydrogens is 468 g/mol. The Hall–Kier alpha value is -4.04. The number of carbonyl (C=O) groups excluding carboxylic acids is 1. The van der Waals surface area contributed by atoms with Crippen molar-refractivity contribution in [1.29, 1.82) is 0 Å². The van der Waals surface area contributed by atoms with E-state index in [0.29, 0.717) is 18.1 Å². The number of anilines is 1. The molecule has 4 aromatic rings. The molecule has 5 rings (SSSR count). The van der Waals surface area contributed by atoms with Gasteiger partial charge in [-0.15, -0.1) is 0 Å². The molecule has 2 atom stereocenters. The van der Waals surface area contributed by atoms with Gasteiger partial charge in [-0.1, -0.05) is 30.3 Å². The molecule has 1 fully saturated rings. The minimum Gasteiger partial charge on any atom is -0.352 e. The van der Waals surface area contributed by atoms with Gasteiger partial charge in [0.1, 0.15) is 5.82 Å². The molecule has 1 aliphatic rings. The minimum atomic E-state index is -0.170. The topological polar surface area (TPSA) is 75.1 Å². The summed E-state index contributed by atoms with van der Waals surface area (Å²) in [7, 11) is 0. The van der Waals surface area contributed by atoms with E-state index in [-0.39, 0.29) is 18.0 Å². The first-order valence-corrected chi connectivity index (χ1v) is 12.4. The van der Waals surface area contributed by atoms with Crippen LogP contribution in [0.4, 0.5) is 5.69 Å². The predicted molar refractivity (Wildman–Crippen MR) is 145 cm³/mol. The maximum atomic E-state index is 12.9. The van der Waals surface area contributed by atoms with Crippen LogP contribution in [-0.4, -0.2) is 37.0 Å². The molecule has 0 radical (unpaired) electrons. The molecule has 4 heterocycles. The number of carbonyl (C=O) groups is 1. The van der Waals surface area contributed by atoms with Gasteiger partial charge in [0.15, 0.2) is 5.11 Å². The molecule has 0 spiro atoms. The Kier molecular flexibility index (Phi) is 6.77. The molecule has 0 aliphatic carbocycles. The first-order chi connectivity index (χ1) is 17.5.